The zero-order chi connectivity index (χ0) is 14.3. The van der Waals surface area contributed by atoms with Crippen molar-refractivity contribution < 1.29 is 24.5 Å². The van der Waals surface area contributed by atoms with Crippen LogP contribution in [0.1, 0.15) is 45.4 Å². The van der Waals surface area contributed by atoms with Gasteiger partial charge < -0.3 is 14.9 Å². The fourth-order valence-electron chi connectivity index (χ4n) is 0.956. The number of aliphatic carboxylic acids is 2. The molecule has 2 N–H and O–H groups in total. The second kappa shape index (κ2) is 7.61. The van der Waals surface area contributed by atoms with Gasteiger partial charge in [-0.2, -0.15) is 0 Å². The molecule has 0 aromatic carbocycles. The largest absolute Gasteiger partial charge is 0.479 e. The lowest BCUT2D eigenvalue weighted by Gasteiger charge is -2.16. The van der Waals surface area contributed by atoms with E-state index in [9.17, 15) is 9.59 Å². The Kier molecular flexibility index (Phi) is 6.12. The van der Waals surface area contributed by atoms with Crippen molar-refractivity contribution in [3.05, 3.63) is 23.5 Å². The molecule has 1 aliphatic heterocycles. The molecule has 3 rings (SSSR count). The monoisotopic (exact) mass is 268 g/mol. The van der Waals surface area contributed by atoms with E-state index in [0.717, 1.165) is 6.08 Å². The third kappa shape index (κ3) is 8.02. The van der Waals surface area contributed by atoms with Gasteiger partial charge in [-0.1, -0.05) is 38.5 Å². The summed E-state index contributed by atoms with van der Waals surface area (Å²) in [5.74, 6) is -2.76. The van der Waals surface area contributed by atoms with Crippen LogP contribution < -0.4 is 0 Å². The van der Waals surface area contributed by atoms with Gasteiger partial charge in [0.25, 0.3) is 0 Å². The van der Waals surface area contributed by atoms with Crippen LogP contribution in [-0.4, -0.2) is 28.3 Å². The number of carboxylic acids is 2. The Morgan fingerprint density at radius 2 is 1.53 bits per heavy atom. The number of hydrogen-bond donors (Lipinski definition) is 2. The molecule has 5 heteroatoms. The summed E-state index contributed by atoms with van der Waals surface area (Å²) in [7, 11) is 0. The number of carbonyl (C=O) groups is 2. The Morgan fingerprint density at radius 3 is 1.84 bits per heavy atom. The average molecular weight is 268 g/mol. The van der Waals surface area contributed by atoms with Gasteiger partial charge in [0.2, 0.25) is 5.76 Å². The Hall–Kier alpha value is -1.78. The molecular formula is C14H20O5. The molecule has 0 spiro atoms. The Labute approximate surface area is 112 Å². The highest BCUT2D eigenvalue weighted by Gasteiger charge is 2.20. The highest BCUT2D eigenvalue weighted by molar-refractivity contribution is 5.94. The molecule has 0 bridgehead atoms. The Morgan fingerprint density at radius 1 is 1.05 bits per heavy atom. The predicted molar refractivity (Wildman–Crippen MR) is 69.7 cm³/mol. The third-order valence-electron chi connectivity index (χ3n) is 2.18. The van der Waals surface area contributed by atoms with Crippen LogP contribution in [0.25, 0.3) is 0 Å². The highest BCUT2D eigenvalue weighted by Crippen LogP contribution is 2.16. The molecule has 0 radical (unpaired) electrons. The van der Waals surface area contributed by atoms with Gasteiger partial charge in [-0.25, -0.2) is 9.59 Å². The topological polar surface area (TPSA) is 83.8 Å². The molecule has 0 aromatic heterocycles. The first-order valence-corrected chi connectivity index (χ1v) is 6.57. The average Bonchev–Trinajstić information content (AvgIpc) is 3.23. The summed E-state index contributed by atoms with van der Waals surface area (Å²) in [6, 6.07) is 0. The SMILES string of the molecule is C1CC1.C1CC1.CC1C=C(C(=O)O)C=C(C(=O)O)O1. The van der Waals surface area contributed by atoms with Gasteiger partial charge in [0, 0.05) is 6.08 Å². The molecule has 19 heavy (non-hydrogen) atoms. The van der Waals surface area contributed by atoms with Gasteiger partial charge in [-0.3, -0.25) is 0 Å². The molecule has 1 atom stereocenters. The van der Waals surface area contributed by atoms with Crippen molar-refractivity contribution in [2.45, 2.75) is 51.6 Å². The minimum atomic E-state index is -1.27. The molecular weight excluding hydrogens is 248 g/mol. The van der Waals surface area contributed by atoms with E-state index in [1.807, 2.05) is 0 Å². The Balaban J connectivity index is 0.000000241. The summed E-state index contributed by atoms with van der Waals surface area (Å²) < 4.78 is 4.85. The first-order valence-electron chi connectivity index (χ1n) is 6.57. The van der Waals surface area contributed by atoms with Crippen molar-refractivity contribution in [1.82, 2.24) is 0 Å². The Bertz CT molecular complexity index is 379. The molecule has 0 aromatic rings. The van der Waals surface area contributed by atoms with Crippen molar-refractivity contribution in [1.29, 1.82) is 0 Å². The van der Waals surface area contributed by atoms with Crippen LogP contribution in [0.5, 0.6) is 0 Å². The molecule has 3 aliphatic rings. The normalized spacial score (nSPS) is 22.1. The summed E-state index contributed by atoms with van der Waals surface area (Å²) in [6.45, 7) is 1.57. The molecule has 1 unspecified atom stereocenters. The number of carboxylic acid groups (broad SMARTS) is 2. The minimum absolute atomic E-state index is 0.0591. The van der Waals surface area contributed by atoms with Crippen molar-refractivity contribution in [3.63, 3.8) is 0 Å². The first kappa shape index (κ1) is 15.3. The van der Waals surface area contributed by atoms with E-state index < -0.39 is 18.0 Å². The molecule has 2 fully saturated rings. The van der Waals surface area contributed by atoms with Gasteiger partial charge >= 0.3 is 11.9 Å². The van der Waals surface area contributed by atoms with Gasteiger partial charge in [0.1, 0.15) is 6.10 Å². The van der Waals surface area contributed by atoms with Gasteiger partial charge in [0.05, 0.1) is 5.57 Å². The van der Waals surface area contributed by atoms with Crippen LogP contribution in [0.2, 0.25) is 0 Å². The maximum Gasteiger partial charge on any atom is 0.371 e. The zero-order valence-electron chi connectivity index (χ0n) is 11.1. The van der Waals surface area contributed by atoms with E-state index >= 15 is 0 Å². The number of ether oxygens (including phenoxy) is 1. The summed E-state index contributed by atoms with van der Waals surface area (Å²) in [5, 5.41) is 17.1. The summed E-state index contributed by atoms with van der Waals surface area (Å²) in [5.41, 5.74) is -0.0591. The summed E-state index contributed by atoms with van der Waals surface area (Å²) in [6.07, 6.45) is 10.8. The molecule has 0 amide bonds. The lowest BCUT2D eigenvalue weighted by Crippen LogP contribution is -2.18. The maximum absolute atomic E-state index is 10.5. The van der Waals surface area contributed by atoms with E-state index in [2.05, 4.69) is 0 Å². The van der Waals surface area contributed by atoms with Crippen LogP contribution in [0.15, 0.2) is 23.5 Å². The second-order valence-corrected chi connectivity index (χ2v) is 4.69. The van der Waals surface area contributed by atoms with Crippen LogP contribution in [-0.2, 0) is 14.3 Å². The minimum Gasteiger partial charge on any atom is -0.479 e. The van der Waals surface area contributed by atoms with Crippen molar-refractivity contribution in [2.75, 3.05) is 0 Å². The third-order valence-corrected chi connectivity index (χ3v) is 2.18. The molecule has 1 heterocycles. The van der Waals surface area contributed by atoms with Gasteiger partial charge in [0.15, 0.2) is 0 Å². The molecule has 5 nitrogen and oxygen atoms in total. The molecule has 106 valence electrons. The quantitative estimate of drug-likeness (QED) is 0.804. The lowest BCUT2D eigenvalue weighted by atomic mass is 10.1. The standard InChI is InChI=1S/C8H8O5.2C3H6/c1-4-2-5(7(9)10)3-6(13-4)8(11)12;2*1-2-3-1/h2-4H,1H3,(H,9,10)(H,11,12);2*1-3H2. The van der Waals surface area contributed by atoms with Crippen molar-refractivity contribution in [3.8, 4) is 0 Å². The van der Waals surface area contributed by atoms with Crippen LogP contribution >= 0.6 is 0 Å². The zero-order valence-corrected chi connectivity index (χ0v) is 11.1. The number of rotatable bonds is 2. The molecule has 0 saturated heterocycles. The summed E-state index contributed by atoms with van der Waals surface area (Å²) in [4.78, 5) is 21.0. The smallest absolute Gasteiger partial charge is 0.371 e. The van der Waals surface area contributed by atoms with E-state index in [1.165, 1.54) is 44.6 Å². The van der Waals surface area contributed by atoms with Crippen molar-refractivity contribution in [2.24, 2.45) is 0 Å². The van der Waals surface area contributed by atoms with Gasteiger partial charge in [-0.05, 0) is 13.0 Å². The number of hydrogen-bond acceptors (Lipinski definition) is 3. The van der Waals surface area contributed by atoms with Crippen LogP contribution in [0.3, 0.4) is 0 Å². The molecule has 2 saturated carbocycles. The maximum atomic E-state index is 10.5. The van der Waals surface area contributed by atoms with Gasteiger partial charge in [-0.15, -0.1) is 0 Å². The fourth-order valence-corrected chi connectivity index (χ4v) is 0.956. The second-order valence-electron chi connectivity index (χ2n) is 4.69. The van der Waals surface area contributed by atoms with Crippen LogP contribution in [0, 0.1) is 0 Å². The van der Waals surface area contributed by atoms with E-state index in [-0.39, 0.29) is 11.3 Å². The molecule has 2 aliphatic carbocycles. The fraction of sp³-hybridized carbons (Fsp3) is 0.571. The van der Waals surface area contributed by atoms with Crippen molar-refractivity contribution >= 4 is 11.9 Å². The summed E-state index contributed by atoms with van der Waals surface area (Å²) >= 11 is 0. The van der Waals surface area contributed by atoms with E-state index in [1.54, 1.807) is 6.92 Å². The first-order chi connectivity index (χ1) is 9.00. The van der Waals surface area contributed by atoms with Crippen LogP contribution in [0.4, 0.5) is 0 Å². The van der Waals surface area contributed by atoms with E-state index in [4.69, 9.17) is 14.9 Å². The lowest BCUT2D eigenvalue weighted by molar-refractivity contribution is -0.137. The predicted octanol–water partition coefficient (Wildman–Crippen LogP) is 2.73. The van der Waals surface area contributed by atoms with E-state index in [0.29, 0.717) is 0 Å². The highest BCUT2D eigenvalue weighted by atomic mass is 16.5.